The number of benzene rings is 1. The van der Waals surface area contributed by atoms with Crippen LogP contribution in [0.15, 0.2) is 54.6 Å². The van der Waals surface area contributed by atoms with Crippen LogP contribution in [0.25, 0.3) is 0 Å². The highest BCUT2D eigenvalue weighted by atomic mass is 16.7. The minimum absolute atomic E-state index is 0.0407. The first-order chi connectivity index (χ1) is 12.7. The van der Waals surface area contributed by atoms with Gasteiger partial charge in [0.25, 0.3) is 0 Å². The number of hydrogen-bond donors (Lipinski definition) is 2. The molecule has 3 rings (SSSR count). The zero-order valence-corrected chi connectivity index (χ0v) is 14.3. The summed E-state index contributed by atoms with van der Waals surface area (Å²) in [6, 6.07) is 10.6. The van der Waals surface area contributed by atoms with E-state index in [9.17, 15) is 4.79 Å². The summed E-state index contributed by atoms with van der Waals surface area (Å²) in [5.74, 6) is 0.583. The molecule has 2 N–H and O–H groups in total. The molecular weight excluding hydrogens is 336 g/mol. The first kappa shape index (κ1) is 17.8. The van der Waals surface area contributed by atoms with Crippen LogP contribution in [-0.2, 0) is 4.84 Å². The van der Waals surface area contributed by atoms with Crippen molar-refractivity contribution in [2.24, 2.45) is 0 Å². The maximum absolute atomic E-state index is 10.8. The van der Waals surface area contributed by atoms with Gasteiger partial charge in [0.2, 0.25) is 5.88 Å². The molecule has 0 radical (unpaired) electrons. The van der Waals surface area contributed by atoms with Crippen LogP contribution in [0.1, 0.15) is 41.9 Å². The highest BCUT2D eigenvalue weighted by molar-refractivity contribution is 5.85. The van der Waals surface area contributed by atoms with Gasteiger partial charge < -0.3 is 14.6 Å². The molecule has 1 aromatic heterocycles. The summed E-state index contributed by atoms with van der Waals surface area (Å²) < 4.78 is 11.2. The number of pyridine rings is 1. The lowest BCUT2D eigenvalue weighted by Crippen LogP contribution is -2.12. The summed E-state index contributed by atoms with van der Waals surface area (Å²) in [7, 11) is 0. The Bertz CT molecular complexity index is 772. The number of carboxylic acids is 1. The van der Waals surface area contributed by atoms with Crippen LogP contribution in [0, 0.1) is 0 Å². The van der Waals surface area contributed by atoms with E-state index in [-0.39, 0.29) is 11.8 Å². The molecule has 0 fully saturated rings. The molecule has 1 aromatic carbocycles. The van der Waals surface area contributed by atoms with Crippen LogP contribution in [0.5, 0.6) is 11.5 Å². The number of hydrogen-bond acceptors (Lipinski definition) is 6. The Labute approximate surface area is 151 Å². The Kier molecular flexibility index (Phi) is 5.70. The van der Waals surface area contributed by atoms with Crippen molar-refractivity contribution in [3.8, 4) is 11.5 Å². The lowest BCUT2D eigenvalue weighted by Gasteiger charge is -2.09. The van der Waals surface area contributed by atoms with Crippen LogP contribution in [0.4, 0.5) is 0 Å². The standard InChI is InChI=1S/C19H20N2O5/c1-2-3-10-24-14-6-4-13(5-7-14)17-11-18(21-26-17)25-15-8-9-16(19(22)23)20-12-15/h4-9,11-12,17,21H,2-3,10H2,1H3,(H,22,23). The summed E-state index contributed by atoms with van der Waals surface area (Å²) >= 11 is 0. The van der Waals surface area contributed by atoms with Crippen molar-refractivity contribution in [2.75, 3.05) is 6.61 Å². The number of carboxylic acid groups (broad SMARTS) is 1. The van der Waals surface area contributed by atoms with Crippen LogP contribution < -0.4 is 15.0 Å². The second kappa shape index (κ2) is 8.35. The van der Waals surface area contributed by atoms with Crippen molar-refractivity contribution >= 4 is 5.97 Å². The average Bonchev–Trinajstić information content (AvgIpc) is 3.11. The van der Waals surface area contributed by atoms with E-state index >= 15 is 0 Å². The second-order valence-corrected chi connectivity index (χ2v) is 5.73. The van der Waals surface area contributed by atoms with Gasteiger partial charge in [0.1, 0.15) is 23.3 Å². The molecule has 136 valence electrons. The number of hydroxylamine groups is 1. The summed E-state index contributed by atoms with van der Waals surface area (Å²) in [5, 5.41) is 8.84. The summed E-state index contributed by atoms with van der Waals surface area (Å²) in [6.07, 6.45) is 4.98. The second-order valence-electron chi connectivity index (χ2n) is 5.73. The number of nitrogens with one attached hydrogen (secondary N) is 1. The van der Waals surface area contributed by atoms with E-state index in [4.69, 9.17) is 19.4 Å². The van der Waals surface area contributed by atoms with Gasteiger partial charge in [-0.1, -0.05) is 25.5 Å². The van der Waals surface area contributed by atoms with Gasteiger partial charge in [-0.25, -0.2) is 15.3 Å². The highest BCUT2D eigenvalue weighted by Crippen LogP contribution is 2.27. The summed E-state index contributed by atoms with van der Waals surface area (Å²) in [4.78, 5) is 20.1. The predicted molar refractivity (Wildman–Crippen MR) is 93.7 cm³/mol. The van der Waals surface area contributed by atoms with E-state index < -0.39 is 5.97 Å². The van der Waals surface area contributed by atoms with Gasteiger partial charge in [-0.3, -0.25) is 4.84 Å². The van der Waals surface area contributed by atoms with Crippen LogP contribution in [0.3, 0.4) is 0 Å². The quantitative estimate of drug-likeness (QED) is 0.700. The van der Waals surface area contributed by atoms with Gasteiger partial charge in [-0.2, -0.15) is 0 Å². The molecule has 1 atom stereocenters. The molecule has 0 amide bonds. The van der Waals surface area contributed by atoms with Crippen molar-refractivity contribution < 1.29 is 24.2 Å². The number of unbranched alkanes of at least 4 members (excludes halogenated alkanes) is 1. The van der Waals surface area contributed by atoms with Crippen LogP contribution >= 0.6 is 0 Å². The molecule has 0 bridgehead atoms. The average molecular weight is 356 g/mol. The van der Waals surface area contributed by atoms with Gasteiger partial charge in [0.15, 0.2) is 0 Å². The van der Waals surface area contributed by atoms with E-state index in [0.29, 0.717) is 18.2 Å². The topological polar surface area (TPSA) is 89.9 Å². The molecule has 1 unspecified atom stereocenters. The molecule has 0 aliphatic carbocycles. The van der Waals surface area contributed by atoms with Crippen LogP contribution in [0.2, 0.25) is 0 Å². The van der Waals surface area contributed by atoms with Gasteiger partial charge >= 0.3 is 5.97 Å². The van der Waals surface area contributed by atoms with E-state index in [1.54, 1.807) is 6.08 Å². The Balaban J connectivity index is 1.59. The molecule has 1 aliphatic rings. The predicted octanol–water partition coefficient (Wildman–Crippen LogP) is 3.46. The maximum Gasteiger partial charge on any atom is 0.354 e. The summed E-state index contributed by atoms with van der Waals surface area (Å²) in [6.45, 7) is 2.84. The number of aromatic carboxylic acids is 1. The van der Waals surface area contributed by atoms with E-state index in [1.165, 1.54) is 18.3 Å². The van der Waals surface area contributed by atoms with Crippen molar-refractivity contribution in [3.63, 3.8) is 0 Å². The third kappa shape index (κ3) is 4.52. The van der Waals surface area contributed by atoms with E-state index in [1.807, 2.05) is 24.3 Å². The smallest absolute Gasteiger partial charge is 0.354 e. The van der Waals surface area contributed by atoms with Gasteiger partial charge in [-0.05, 0) is 36.2 Å². The van der Waals surface area contributed by atoms with Crippen molar-refractivity contribution in [1.29, 1.82) is 0 Å². The molecule has 0 spiro atoms. The molecular formula is C19H20N2O5. The Morgan fingerprint density at radius 3 is 2.65 bits per heavy atom. The van der Waals surface area contributed by atoms with Crippen molar-refractivity contribution in [2.45, 2.75) is 25.9 Å². The van der Waals surface area contributed by atoms with E-state index in [2.05, 4.69) is 17.4 Å². The lowest BCUT2D eigenvalue weighted by molar-refractivity contribution is 0.0273. The molecule has 7 heteroatoms. The SMILES string of the molecule is CCCCOc1ccc(C2C=C(Oc3ccc(C(=O)O)nc3)NO2)cc1. The fourth-order valence-corrected chi connectivity index (χ4v) is 2.33. The molecule has 1 aliphatic heterocycles. The van der Waals surface area contributed by atoms with Gasteiger partial charge in [0.05, 0.1) is 12.8 Å². The molecule has 2 aromatic rings. The fourth-order valence-electron chi connectivity index (χ4n) is 2.33. The summed E-state index contributed by atoms with van der Waals surface area (Å²) in [5.41, 5.74) is 3.63. The number of nitrogens with zero attached hydrogens (tertiary/aromatic N) is 1. The van der Waals surface area contributed by atoms with Crippen molar-refractivity contribution in [1.82, 2.24) is 10.5 Å². The number of aromatic nitrogens is 1. The molecule has 0 saturated heterocycles. The molecule has 0 saturated carbocycles. The molecule has 26 heavy (non-hydrogen) atoms. The fraction of sp³-hybridized carbons (Fsp3) is 0.263. The van der Waals surface area contributed by atoms with Gasteiger partial charge in [0, 0.05) is 6.08 Å². The van der Waals surface area contributed by atoms with E-state index in [0.717, 1.165) is 24.2 Å². The first-order valence-electron chi connectivity index (χ1n) is 8.39. The monoisotopic (exact) mass is 356 g/mol. The molecule has 2 heterocycles. The van der Waals surface area contributed by atoms with Crippen LogP contribution in [-0.4, -0.2) is 22.7 Å². The maximum atomic E-state index is 10.8. The first-order valence-corrected chi connectivity index (χ1v) is 8.39. The van der Waals surface area contributed by atoms with Gasteiger partial charge in [-0.15, -0.1) is 0 Å². The minimum atomic E-state index is -1.08. The number of ether oxygens (including phenoxy) is 2. The number of rotatable bonds is 8. The zero-order chi connectivity index (χ0) is 18.4. The normalized spacial score (nSPS) is 15.9. The third-order valence-corrected chi connectivity index (χ3v) is 3.75. The lowest BCUT2D eigenvalue weighted by atomic mass is 10.1. The largest absolute Gasteiger partial charge is 0.494 e. The zero-order valence-electron chi connectivity index (χ0n) is 14.3. The molecule has 7 nitrogen and oxygen atoms in total. The Morgan fingerprint density at radius 1 is 1.23 bits per heavy atom. The highest BCUT2D eigenvalue weighted by Gasteiger charge is 2.20. The number of carbonyl (C=O) groups is 1. The Morgan fingerprint density at radius 2 is 2.00 bits per heavy atom. The third-order valence-electron chi connectivity index (χ3n) is 3.75. The van der Waals surface area contributed by atoms with Crippen molar-refractivity contribution in [3.05, 3.63) is 65.8 Å². The Hall–Kier alpha value is -3.06. The minimum Gasteiger partial charge on any atom is -0.494 e.